The molecule has 1 aromatic carbocycles. The van der Waals surface area contributed by atoms with Gasteiger partial charge >= 0.3 is 0 Å². The van der Waals surface area contributed by atoms with Crippen LogP contribution in [0.15, 0.2) is 53.7 Å². The predicted molar refractivity (Wildman–Crippen MR) is 103 cm³/mol. The Labute approximate surface area is 153 Å². The Morgan fingerprint density at radius 1 is 1.28 bits per heavy atom. The Morgan fingerprint density at radius 2 is 2.12 bits per heavy atom. The summed E-state index contributed by atoms with van der Waals surface area (Å²) in [5.41, 5.74) is 1.49. The summed E-state index contributed by atoms with van der Waals surface area (Å²) in [5.74, 6) is -0.256. The number of aromatic nitrogens is 1. The second-order valence-corrected chi connectivity index (χ2v) is 7.06. The first-order valence-corrected chi connectivity index (χ1v) is 9.52. The van der Waals surface area contributed by atoms with Crippen LogP contribution in [0.4, 0.5) is 5.13 Å². The molecule has 3 aromatic rings. The summed E-state index contributed by atoms with van der Waals surface area (Å²) in [6.45, 7) is 4.39. The lowest BCUT2D eigenvalue weighted by Gasteiger charge is -2.18. The van der Waals surface area contributed by atoms with Gasteiger partial charge in [-0.25, -0.2) is 4.98 Å². The third-order valence-corrected chi connectivity index (χ3v) is 5.28. The lowest BCUT2D eigenvalue weighted by molar-refractivity contribution is -0.118. The van der Waals surface area contributed by atoms with Gasteiger partial charge in [0.05, 0.1) is 10.2 Å². The molecule has 0 spiro atoms. The van der Waals surface area contributed by atoms with Crippen molar-refractivity contribution >= 4 is 49.8 Å². The van der Waals surface area contributed by atoms with Crippen molar-refractivity contribution in [2.75, 3.05) is 18.0 Å². The second-order valence-electron chi connectivity index (χ2n) is 5.28. The maximum atomic E-state index is 12.6. The molecule has 0 bridgehead atoms. The minimum Gasteiger partial charge on any atom is -0.351 e. The van der Waals surface area contributed by atoms with Crippen molar-refractivity contribution in [2.45, 2.75) is 6.42 Å². The molecule has 7 heteroatoms. The van der Waals surface area contributed by atoms with E-state index in [-0.39, 0.29) is 24.8 Å². The minimum absolute atomic E-state index is 0.0930. The second kappa shape index (κ2) is 8.04. The first-order valence-electron chi connectivity index (χ1n) is 7.76. The number of fused-ring (bicyclic) bond motifs is 1. The number of para-hydroxylation sites is 1. The lowest BCUT2D eigenvalue weighted by Crippen LogP contribution is -2.34. The van der Waals surface area contributed by atoms with E-state index in [0.717, 1.165) is 10.2 Å². The van der Waals surface area contributed by atoms with Gasteiger partial charge in [-0.05, 0) is 23.6 Å². The summed E-state index contributed by atoms with van der Waals surface area (Å²) >= 11 is 2.94. The van der Waals surface area contributed by atoms with Crippen LogP contribution in [0.5, 0.6) is 0 Å². The number of thiazole rings is 1. The highest BCUT2D eigenvalue weighted by molar-refractivity contribution is 7.22. The number of carbonyl (C=O) groups excluding carboxylic acids is 2. The van der Waals surface area contributed by atoms with Gasteiger partial charge in [-0.1, -0.05) is 29.5 Å². The summed E-state index contributed by atoms with van der Waals surface area (Å²) in [5, 5.41) is 7.04. The highest BCUT2D eigenvalue weighted by atomic mass is 32.1. The monoisotopic (exact) mass is 371 g/mol. The number of amides is 2. The van der Waals surface area contributed by atoms with Crippen LogP contribution in [0, 0.1) is 0 Å². The Morgan fingerprint density at radius 3 is 2.84 bits per heavy atom. The van der Waals surface area contributed by atoms with Gasteiger partial charge in [0.1, 0.15) is 0 Å². The van der Waals surface area contributed by atoms with Crippen LogP contribution in [0.1, 0.15) is 16.8 Å². The van der Waals surface area contributed by atoms with Gasteiger partial charge in [0, 0.05) is 30.5 Å². The molecular formula is C18H17N3O2S2. The largest absolute Gasteiger partial charge is 0.351 e. The summed E-state index contributed by atoms with van der Waals surface area (Å²) in [4.78, 5) is 30.6. The van der Waals surface area contributed by atoms with Gasteiger partial charge in [-0.2, -0.15) is 11.3 Å². The summed E-state index contributed by atoms with van der Waals surface area (Å²) in [6, 6.07) is 9.53. The molecule has 0 atom stereocenters. The minimum atomic E-state index is -0.163. The first-order chi connectivity index (χ1) is 12.2. The molecule has 0 radical (unpaired) electrons. The maximum Gasteiger partial charge on any atom is 0.252 e. The highest BCUT2D eigenvalue weighted by Gasteiger charge is 2.18. The van der Waals surface area contributed by atoms with Crippen molar-refractivity contribution in [3.63, 3.8) is 0 Å². The normalized spacial score (nSPS) is 10.6. The molecule has 5 nitrogen and oxygen atoms in total. The molecule has 3 rings (SSSR count). The van der Waals surface area contributed by atoms with Crippen LogP contribution in [-0.2, 0) is 4.79 Å². The van der Waals surface area contributed by atoms with Crippen molar-refractivity contribution in [1.82, 2.24) is 10.3 Å². The molecule has 2 amide bonds. The van der Waals surface area contributed by atoms with Crippen LogP contribution in [0.3, 0.4) is 0 Å². The number of hydrogen-bond donors (Lipinski definition) is 1. The molecule has 1 N–H and O–H groups in total. The molecule has 2 heterocycles. The third-order valence-electron chi connectivity index (χ3n) is 3.53. The van der Waals surface area contributed by atoms with Crippen LogP contribution in [0.2, 0.25) is 0 Å². The molecule has 0 saturated heterocycles. The van der Waals surface area contributed by atoms with E-state index in [1.807, 2.05) is 29.6 Å². The fourth-order valence-corrected chi connectivity index (χ4v) is 3.93. The lowest BCUT2D eigenvalue weighted by atomic mass is 10.3. The molecule has 128 valence electrons. The van der Waals surface area contributed by atoms with Gasteiger partial charge < -0.3 is 5.32 Å². The van der Waals surface area contributed by atoms with Crippen molar-refractivity contribution in [3.05, 3.63) is 59.3 Å². The van der Waals surface area contributed by atoms with E-state index >= 15 is 0 Å². The van der Waals surface area contributed by atoms with Crippen LogP contribution >= 0.6 is 22.7 Å². The average Bonchev–Trinajstić information content (AvgIpc) is 3.28. The molecule has 0 unspecified atom stereocenters. The van der Waals surface area contributed by atoms with Crippen molar-refractivity contribution in [3.8, 4) is 0 Å². The Hall–Kier alpha value is -2.51. The summed E-state index contributed by atoms with van der Waals surface area (Å²) in [7, 11) is 0. The molecule has 2 aromatic heterocycles. The molecule has 0 aliphatic carbocycles. The Kier molecular flexibility index (Phi) is 5.57. The van der Waals surface area contributed by atoms with E-state index in [4.69, 9.17) is 0 Å². The fraction of sp³-hybridized carbons (Fsp3) is 0.167. The quantitative estimate of drug-likeness (QED) is 0.644. The molecule has 0 saturated carbocycles. The number of carbonyl (C=O) groups is 2. The molecule has 25 heavy (non-hydrogen) atoms. The van der Waals surface area contributed by atoms with E-state index in [9.17, 15) is 9.59 Å². The number of nitrogens with one attached hydrogen (secondary N) is 1. The maximum absolute atomic E-state index is 12.6. The summed E-state index contributed by atoms with van der Waals surface area (Å²) < 4.78 is 1.03. The zero-order chi connectivity index (χ0) is 17.6. The summed E-state index contributed by atoms with van der Waals surface area (Å²) in [6.07, 6.45) is 1.88. The molecule has 0 aliphatic heterocycles. The highest BCUT2D eigenvalue weighted by Crippen LogP contribution is 2.28. The number of rotatable bonds is 7. The van der Waals surface area contributed by atoms with E-state index in [2.05, 4.69) is 16.9 Å². The van der Waals surface area contributed by atoms with Crippen molar-refractivity contribution in [1.29, 1.82) is 0 Å². The van der Waals surface area contributed by atoms with E-state index in [1.165, 1.54) is 22.7 Å². The first kappa shape index (κ1) is 17.3. The van der Waals surface area contributed by atoms with Crippen molar-refractivity contribution in [2.24, 2.45) is 0 Å². The average molecular weight is 371 g/mol. The Bertz CT molecular complexity index is 854. The molecule has 0 aliphatic rings. The van der Waals surface area contributed by atoms with Gasteiger partial charge in [-0.3, -0.25) is 14.5 Å². The van der Waals surface area contributed by atoms with Gasteiger partial charge in [0.25, 0.3) is 5.91 Å². The zero-order valence-electron chi connectivity index (χ0n) is 13.5. The van der Waals surface area contributed by atoms with Gasteiger partial charge in [0.15, 0.2) is 5.13 Å². The fourth-order valence-electron chi connectivity index (χ4n) is 2.30. The van der Waals surface area contributed by atoms with Crippen LogP contribution in [0.25, 0.3) is 10.2 Å². The standard InChI is InChI=1S/C18H17N3O2S2/c1-2-10-21(18-20-14-5-3-4-6-15(14)25-18)16(22)7-9-19-17(23)13-8-11-24-12-13/h2-6,8,11-12H,1,7,9-10H2,(H,19,23). The zero-order valence-corrected chi connectivity index (χ0v) is 15.1. The van der Waals surface area contributed by atoms with E-state index in [0.29, 0.717) is 17.2 Å². The number of benzene rings is 1. The van der Waals surface area contributed by atoms with E-state index < -0.39 is 0 Å². The smallest absolute Gasteiger partial charge is 0.252 e. The van der Waals surface area contributed by atoms with Crippen LogP contribution < -0.4 is 10.2 Å². The number of hydrogen-bond acceptors (Lipinski definition) is 5. The molecular weight excluding hydrogens is 354 g/mol. The third kappa shape index (κ3) is 4.12. The van der Waals surface area contributed by atoms with Crippen molar-refractivity contribution < 1.29 is 9.59 Å². The predicted octanol–water partition coefficient (Wildman–Crippen LogP) is 3.70. The van der Waals surface area contributed by atoms with Crippen LogP contribution in [-0.4, -0.2) is 29.9 Å². The van der Waals surface area contributed by atoms with Gasteiger partial charge in [0.2, 0.25) is 5.91 Å². The number of anilines is 1. The topological polar surface area (TPSA) is 62.3 Å². The van der Waals surface area contributed by atoms with Gasteiger partial charge in [-0.15, -0.1) is 6.58 Å². The van der Waals surface area contributed by atoms with E-state index in [1.54, 1.807) is 22.4 Å². The number of thiophene rings is 1. The SMILES string of the molecule is C=CCN(C(=O)CCNC(=O)c1ccsc1)c1nc2ccccc2s1. The Balaban J connectivity index is 1.64. The molecule has 0 fully saturated rings. The number of nitrogens with zero attached hydrogens (tertiary/aromatic N) is 2.